The molecule has 0 bridgehead atoms. The van der Waals surface area contributed by atoms with Crippen LogP contribution >= 0.6 is 0 Å². The van der Waals surface area contributed by atoms with Gasteiger partial charge >= 0.3 is 0 Å². The second kappa shape index (κ2) is 5.02. The van der Waals surface area contributed by atoms with Crippen LogP contribution in [0.15, 0.2) is 24.3 Å². The fourth-order valence-corrected chi connectivity index (χ4v) is 2.69. The van der Waals surface area contributed by atoms with E-state index in [1.54, 1.807) is 0 Å². The Morgan fingerprint density at radius 3 is 1.78 bits per heavy atom. The summed E-state index contributed by atoms with van der Waals surface area (Å²) in [6, 6.07) is 10.8. The maximum absolute atomic E-state index is 2.53. The SMILES string of the molecule is CC1CN1CCc1cccc(CCN2CC2C)c1. The summed E-state index contributed by atoms with van der Waals surface area (Å²) in [6.07, 6.45) is 2.41. The Hall–Kier alpha value is -0.860. The van der Waals surface area contributed by atoms with Crippen LogP contribution < -0.4 is 0 Å². The van der Waals surface area contributed by atoms with Crippen molar-refractivity contribution < 1.29 is 0 Å². The summed E-state index contributed by atoms with van der Waals surface area (Å²) >= 11 is 0. The zero-order chi connectivity index (χ0) is 12.5. The second-order valence-corrected chi connectivity index (χ2v) is 6.01. The third-order valence-corrected chi connectivity index (χ3v) is 4.34. The third kappa shape index (κ3) is 3.12. The van der Waals surface area contributed by atoms with Crippen LogP contribution in [0.25, 0.3) is 0 Å². The summed E-state index contributed by atoms with van der Waals surface area (Å²) in [5.74, 6) is 0. The molecule has 18 heavy (non-hydrogen) atoms. The summed E-state index contributed by atoms with van der Waals surface area (Å²) in [5, 5.41) is 0. The van der Waals surface area contributed by atoms with E-state index in [-0.39, 0.29) is 0 Å². The Morgan fingerprint density at radius 2 is 1.39 bits per heavy atom. The van der Waals surface area contributed by atoms with Gasteiger partial charge < -0.3 is 0 Å². The molecule has 0 amide bonds. The Kier molecular flexibility index (Phi) is 3.40. The van der Waals surface area contributed by atoms with E-state index >= 15 is 0 Å². The average molecular weight is 244 g/mol. The number of hydrogen-bond acceptors (Lipinski definition) is 2. The molecule has 1 aromatic rings. The largest absolute Gasteiger partial charge is 0.298 e. The fourth-order valence-electron chi connectivity index (χ4n) is 2.69. The van der Waals surface area contributed by atoms with Crippen LogP contribution in [0.2, 0.25) is 0 Å². The van der Waals surface area contributed by atoms with Gasteiger partial charge in [-0.3, -0.25) is 9.80 Å². The van der Waals surface area contributed by atoms with Crippen molar-refractivity contribution in [2.45, 2.75) is 38.8 Å². The minimum absolute atomic E-state index is 0.831. The molecule has 2 heteroatoms. The molecule has 2 aliphatic heterocycles. The molecule has 2 heterocycles. The van der Waals surface area contributed by atoms with Crippen molar-refractivity contribution in [3.05, 3.63) is 35.4 Å². The Balaban J connectivity index is 1.48. The average Bonchev–Trinajstić information content (AvgIpc) is 3.25. The summed E-state index contributed by atoms with van der Waals surface area (Å²) in [7, 11) is 0. The molecule has 4 atom stereocenters. The van der Waals surface area contributed by atoms with Gasteiger partial charge in [-0.1, -0.05) is 24.3 Å². The maximum atomic E-state index is 2.53. The Bertz CT molecular complexity index is 380. The molecule has 0 radical (unpaired) electrons. The smallest absolute Gasteiger partial charge is 0.0195 e. The lowest BCUT2D eigenvalue weighted by atomic mass is 10.1. The monoisotopic (exact) mass is 244 g/mol. The molecule has 0 aromatic heterocycles. The lowest BCUT2D eigenvalue weighted by molar-refractivity contribution is 0.518. The van der Waals surface area contributed by atoms with E-state index in [2.05, 4.69) is 47.9 Å². The van der Waals surface area contributed by atoms with Crippen LogP contribution in [0.3, 0.4) is 0 Å². The van der Waals surface area contributed by atoms with Crippen LogP contribution in [-0.4, -0.2) is 48.1 Å². The minimum Gasteiger partial charge on any atom is -0.298 e. The molecular formula is C16H24N2. The van der Waals surface area contributed by atoms with Gasteiger partial charge in [0.1, 0.15) is 0 Å². The van der Waals surface area contributed by atoms with Gasteiger partial charge in [-0.2, -0.15) is 0 Å². The fraction of sp³-hybridized carbons (Fsp3) is 0.625. The van der Waals surface area contributed by atoms with E-state index in [1.807, 2.05) is 0 Å². The molecule has 1 aromatic carbocycles. The predicted octanol–water partition coefficient (Wildman–Crippen LogP) is 2.18. The number of nitrogens with zero attached hydrogens (tertiary/aromatic N) is 2. The van der Waals surface area contributed by atoms with E-state index in [0.29, 0.717) is 0 Å². The molecule has 98 valence electrons. The standard InChI is InChI=1S/C16H24N2/c1-13-11-17(13)8-6-15-4-3-5-16(10-15)7-9-18-12-14(18)2/h3-5,10,13-14H,6-9,11-12H2,1-2H3. The zero-order valence-corrected chi connectivity index (χ0v) is 11.6. The van der Waals surface area contributed by atoms with Crippen molar-refractivity contribution in [3.63, 3.8) is 0 Å². The summed E-state index contributed by atoms with van der Waals surface area (Å²) in [4.78, 5) is 5.06. The lowest BCUT2D eigenvalue weighted by Gasteiger charge is -2.07. The van der Waals surface area contributed by atoms with Crippen LogP contribution in [0.5, 0.6) is 0 Å². The van der Waals surface area contributed by atoms with Gasteiger partial charge in [0.25, 0.3) is 0 Å². The summed E-state index contributed by atoms with van der Waals surface area (Å²) in [5.41, 5.74) is 3.01. The van der Waals surface area contributed by atoms with Crippen LogP contribution in [-0.2, 0) is 12.8 Å². The molecular weight excluding hydrogens is 220 g/mol. The van der Waals surface area contributed by atoms with E-state index in [0.717, 1.165) is 12.1 Å². The van der Waals surface area contributed by atoms with Gasteiger partial charge in [0.2, 0.25) is 0 Å². The highest BCUT2D eigenvalue weighted by atomic mass is 15.3. The van der Waals surface area contributed by atoms with Crippen molar-refractivity contribution in [2.75, 3.05) is 26.2 Å². The van der Waals surface area contributed by atoms with Gasteiger partial charge in [0.05, 0.1) is 0 Å². The lowest BCUT2D eigenvalue weighted by Crippen LogP contribution is -2.07. The molecule has 0 spiro atoms. The molecule has 2 nitrogen and oxygen atoms in total. The predicted molar refractivity (Wildman–Crippen MR) is 75.9 cm³/mol. The first-order valence-corrected chi connectivity index (χ1v) is 7.28. The third-order valence-electron chi connectivity index (χ3n) is 4.34. The second-order valence-electron chi connectivity index (χ2n) is 6.01. The van der Waals surface area contributed by atoms with Gasteiger partial charge in [0.15, 0.2) is 0 Å². The van der Waals surface area contributed by atoms with Crippen molar-refractivity contribution in [1.29, 1.82) is 0 Å². The van der Waals surface area contributed by atoms with E-state index in [1.165, 1.54) is 50.1 Å². The summed E-state index contributed by atoms with van der Waals surface area (Å²) in [6.45, 7) is 9.67. The first-order valence-electron chi connectivity index (χ1n) is 7.28. The van der Waals surface area contributed by atoms with E-state index in [4.69, 9.17) is 0 Å². The van der Waals surface area contributed by atoms with Crippen LogP contribution in [0, 0.1) is 0 Å². The molecule has 0 N–H and O–H groups in total. The van der Waals surface area contributed by atoms with Crippen molar-refractivity contribution in [2.24, 2.45) is 0 Å². The molecule has 0 aliphatic carbocycles. The Morgan fingerprint density at radius 1 is 0.944 bits per heavy atom. The number of rotatable bonds is 6. The van der Waals surface area contributed by atoms with Crippen molar-refractivity contribution in [1.82, 2.24) is 9.80 Å². The quantitative estimate of drug-likeness (QED) is 0.707. The molecule has 2 fully saturated rings. The first kappa shape index (κ1) is 12.2. The number of hydrogen-bond donors (Lipinski definition) is 0. The van der Waals surface area contributed by atoms with Crippen molar-refractivity contribution in [3.8, 4) is 0 Å². The summed E-state index contributed by atoms with van der Waals surface area (Å²) < 4.78 is 0. The molecule has 4 unspecified atom stereocenters. The number of benzene rings is 1. The minimum atomic E-state index is 0.831. The first-order chi connectivity index (χ1) is 8.72. The van der Waals surface area contributed by atoms with Crippen LogP contribution in [0.1, 0.15) is 25.0 Å². The maximum Gasteiger partial charge on any atom is 0.0195 e. The normalized spacial score (nSPS) is 33.4. The zero-order valence-electron chi connectivity index (χ0n) is 11.6. The van der Waals surface area contributed by atoms with Gasteiger partial charge in [-0.25, -0.2) is 0 Å². The van der Waals surface area contributed by atoms with Gasteiger partial charge in [-0.15, -0.1) is 0 Å². The highest BCUT2D eigenvalue weighted by Crippen LogP contribution is 2.18. The Labute approximate surface area is 111 Å². The van der Waals surface area contributed by atoms with Gasteiger partial charge in [-0.05, 0) is 37.8 Å². The van der Waals surface area contributed by atoms with Crippen LogP contribution in [0.4, 0.5) is 0 Å². The topological polar surface area (TPSA) is 6.02 Å². The molecule has 3 rings (SSSR count). The van der Waals surface area contributed by atoms with Crippen molar-refractivity contribution >= 4 is 0 Å². The highest BCUT2D eigenvalue weighted by Gasteiger charge is 2.28. The molecule has 2 aliphatic rings. The van der Waals surface area contributed by atoms with Gasteiger partial charge in [0, 0.05) is 38.3 Å². The molecule has 2 saturated heterocycles. The molecule has 0 saturated carbocycles. The highest BCUT2D eigenvalue weighted by molar-refractivity contribution is 5.24. The van der Waals surface area contributed by atoms with E-state index < -0.39 is 0 Å². The van der Waals surface area contributed by atoms with E-state index in [9.17, 15) is 0 Å².